The maximum absolute atomic E-state index is 13.0. The van der Waals surface area contributed by atoms with E-state index in [0.717, 1.165) is 78.7 Å². The average molecular weight is 487 g/mol. The van der Waals surface area contributed by atoms with Crippen molar-refractivity contribution in [3.63, 3.8) is 0 Å². The molecule has 0 radical (unpaired) electrons. The first-order valence-corrected chi connectivity index (χ1v) is 13.0. The predicted molar refractivity (Wildman–Crippen MR) is 135 cm³/mol. The first-order valence-electron chi connectivity index (χ1n) is 13.0. The highest BCUT2D eigenvalue weighted by Crippen LogP contribution is 2.45. The number of aromatic nitrogens is 3. The number of carbonyl (C=O) groups excluding carboxylic acids is 2. The van der Waals surface area contributed by atoms with Crippen LogP contribution in [-0.2, 0) is 15.0 Å². The molecule has 3 aliphatic heterocycles. The molecule has 2 saturated heterocycles. The van der Waals surface area contributed by atoms with Crippen molar-refractivity contribution >= 4 is 28.5 Å². The number of nitrogens with one attached hydrogen (secondary N) is 3. The number of ether oxygens (including phenoxy) is 1. The van der Waals surface area contributed by atoms with E-state index in [9.17, 15) is 9.59 Å². The molecule has 3 fully saturated rings. The number of pyridine rings is 1. The van der Waals surface area contributed by atoms with Crippen LogP contribution in [0, 0.1) is 5.92 Å². The molecule has 9 heteroatoms. The molecule has 3 aromatic rings. The van der Waals surface area contributed by atoms with Crippen molar-refractivity contribution in [3.8, 4) is 17.1 Å². The van der Waals surface area contributed by atoms with E-state index in [1.807, 2.05) is 18.5 Å². The molecular formula is C27H30N6O3. The molecule has 1 aliphatic carbocycles. The van der Waals surface area contributed by atoms with Gasteiger partial charge in [0.05, 0.1) is 29.6 Å². The first kappa shape index (κ1) is 21.8. The smallest absolute Gasteiger partial charge is 0.240 e. The second-order valence-corrected chi connectivity index (χ2v) is 10.6. The van der Waals surface area contributed by atoms with Crippen molar-refractivity contribution in [1.29, 1.82) is 0 Å². The Kier molecular flexibility index (Phi) is 5.02. The summed E-state index contributed by atoms with van der Waals surface area (Å²) in [7, 11) is 0. The number of rotatable bonds is 6. The standard InChI is InChI=1S/C27H30N6O3/c34-23-11-16(14-29-23)5-10-36-25-24-22(30-15-33(24)18-2-3-18)13-20(31-25)17-1-4-19-21(12-17)32-26(35)27(19)6-8-28-9-7-27/h1,4,12-13,15-16,18,28H,2-3,5-11,14H2,(H,29,34)(H,32,35)/t16-/m1/s1. The predicted octanol–water partition coefficient (Wildman–Crippen LogP) is 2.91. The zero-order valence-corrected chi connectivity index (χ0v) is 20.2. The van der Waals surface area contributed by atoms with Crippen LogP contribution in [-0.4, -0.2) is 52.6 Å². The monoisotopic (exact) mass is 486 g/mol. The Morgan fingerprint density at radius 1 is 1.14 bits per heavy atom. The third-order valence-corrected chi connectivity index (χ3v) is 8.26. The number of fused-ring (bicyclic) bond motifs is 3. The molecule has 0 unspecified atom stereocenters. The lowest BCUT2D eigenvalue weighted by Crippen LogP contribution is -2.44. The topological polar surface area (TPSA) is 110 Å². The summed E-state index contributed by atoms with van der Waals surface area (Å²) in [5, 5.41) is 9.40. The summed E-state index contributed by atoms with van der Waals surface area (Å²) >= 11 is 0. The molecule has 0 bridgehead atoms. The van der Waals surface area contributed by atoms with E-state index >= 15 is 0 Å². The highest BCUT2D eigenvalue weighted by Gasteiger charge is 2.47. The van der Waals surface area contributed by atoms with Crippen LogP contribution in [0.15, 0.2) is 30.6 Å². The Balaban J connectivity index is 1.22. The second kappa shape index (κ2) is 8.30. The van der Waals surface area contributed by atoms with Crippen LogP contribution in [0.2, 0.25) is 0 Å². The van der Waals surface area contributed by atoms with Gasteiger partial charge >= 0.3 is 0 Å². The van der Waals surface area contributed by atoms with Gasteiger partial charge in [-0.15, -0.1) is 0 Å². The van der Waals surface area contributed by atoms with E-state index in [0.29, 0.717) is 37.4 Å². The number of benzene rings is 1. The number of piperidine rings is 1. The Morgan fingerprint density at radius 3 is 2.78 bits per heavy atom. The van der Waals surface area contributed by atoms with E-state index in [1.54, 1.807) is 0 Å². The van der Waals surface area contributed by atoms with Crippen molar-refractivity contribution in [3.05, 3.63) is 36.2 Å². The molecule has 1 saturated carbocycles. The molecule has 1 aromatic carbocycles. The zero-order chi connectivity index (χ0) is 24.3. The molecule has 4 aliphatic rings. The van der Waals surface area contributed by atoms with E-state index < -0.39 is 5.41 Å². The van der Waals surface area contributed by atoms with Gasteiger partial charge in [-0.05, 0) is 68.8 Å². The molecule has 1 spiro atoms. The van der Waals surface area contributed by atoms with Gasteiger partial charge in [0, 0.05) is 30.3 Å². The highest BCUT2D eigenvalue weighted by molar-refractivity contribution is 6.07. The minimum atomic E-state index is -0.426. The van der Waals surface area contributed by atoms with Crippen LogP contribution >= 0.6 is 0 Å². The number of nitrogens with zero attached hydrogens (tertiary/aromatic N) is 3. The average Bonchev–Trinajstić information content (AvgIpc) is 3.42. The molecule has 5 heterocycles. The number of hydrogen-bond acceptors (Lipinski definition) is 6. The van der Waals surface area contributed by atoms with Gasteiger partial charge in [-0.25, -0.2) is 9.97 Å². The molecule has 2 amide bonds. The minimum Gasteiger partial charge on any atom is -0.476 e. The van der Waals surface area contributed by atoms with Crippen molar-refractivity contribution < 1.29 is 14.3 Å². The molecule has 7 rings (SSSR count). The largest absolute Gasteiger partial charge is 0.476 e. The quantitative estimate of drug-likeness (QED) is 0.494. The highest BCUT2D eigenvalue weighted by atomic mass is 16.5. The lowest BCUT2D eigenvalue weighted by atomic mass is 9.74. The summed E-state index contributed by atoms with van der Waals surface area (Å²) in [6.07, 6.45) is 7.16. The van der Waals surface area contributed by atoms with Crippen LogP contribution in [0.3, 0.4) is 0 Å². The number of anilines is 1. The number of hydrogen-bond donors (Lipinski definition) is 3. The fourth-order valence-corrected chi connectivity index (χ4v) is 6.03. The first-order chi connectivity index (χ1) is 17.6. The molecule has 1 atom stereocenters. The van der Waals surface area contributed by atoms with Gasteiger partial charge in [0.1, 0.15) is 5.52 Å². The summed E-state index contributed by atoms with van der Waals surface area (Å²) < 4.78 is 8.45. The number of amides is 2. The van der Waals surface area contributed by atoms with E-state index in [2.05, 4.69) is 37.6 Å². The van der Waals surface area contributed by atoms with E-state index in [4.69, 9.17) is 9.72 Å². The van der Waals surface area contributed by atoms with Gasteiger partial charge in [0.25, 0.3) is 0 Å². The van der Waals surface area contributed by atoms with Crippen molar-refractivity contribution in [2.24, 2.45) is 5.92 Å². The Bertz CT molecular complexity index is 1370. The van der Waals surface area contributed by atoms with Crippen LogP contribution < -0.4 is 20.7 Å². The van der Waals surface area contributed by atoms with E-state index in [-0.39, 0.29) is 11.8 Å². The van der Waals surface area contributed by atoms with Crippen LogP contribution in [0.25, 0.3) is 22.3 Å². The van der Waals surface area contributed by atoms with Gasteiger partial charge in [-0.1, -0.05) is 12.1 Å². The van der Waals surface area contributed by atoms with Crippen molar-refractivity contribution in [2.45, 2.75) is 50.0 Å². The number of imidazole rings is 1. The normalized spacial score (nSPS) is 22.6. The molecule has 186 valence electrons. The molecule has 3 N–H and O–H groups in total. The van der Waals surface area contributed by atoms with Gasteiger partial charge in [-0.2, -0.15) is 0 Å². The van der Waals surface area contributed by atoms with Crippen LogP contribution in [0.1, 0.15) is 50.1 Å². The maximum atomic E-state index is 13.0. The van der Waals surface area contributed by atoms with Gasteiger partial charge < -0.3 is 25.3 Å². The van der Waals surface area contributed by atoms with Crippen LogP contribution in [0.4, 0.5) is 5.69 Å². The Morgan fingerprint density at radius 2 is 2.00 bits per heavy atom. The summed E-state index contributed by atoms with van der Waals surface area (Å²) in [5.74, 6) is 1.10. The molecule has 9 nitrogen and oxygen atoms in total. The third kappa shape index (κ3) is 3.56. The summed E-state index contributed by atoms with van der Waals surface area (Å²) in [5.41, 5.74) is 5.05. The zero-order valence-electron chi connectivity index (χ0n) is 20.2. The summed E-state index contributed by atoms with van der Waals surface area (Å²) in [6.45, 7) is 2.91. The van der Waals surface area contributed by atoms with Gasteiger partial charge in [-0.3, -0.25) is 9.59 Å². The second-order valence-electron chi connectivity index (χ2n) is 10.6. The SMILES string of the molecule is O=C1C[C@@H](CCOc2nc(-c3ccc4c(c3)NC(=O)C43CCNCC3)cc3ncn(C4CC4)c23)CN1. The summed E-state index contributed by atoms with van der Waals surface area (Å²) in [4.78, 5) is 34.2. The third-order valence-electron chi connectivity index (χ3n) is 8.26. The summed E-state index contributed by atoms with van der Waals surface area (Å²) in [6, 6.07) is 8.66. The Hall–Kier alpha value is -3.46. The van der Waals surface area contributed by atoms with Crippen molar-refractivity contribution in [2.75, 3.05) is 31.6 Å². The number of carbonyl (C=O) groups is 2. The lowest BCUT2D eigenvalue weighted by Gasteiger charge is -2.32. The van der Waals surface area contributed by atoms with Crippen molar-refractivity contribution in [1.82, 2.24) is 25.2 Å². The minimum absolute atomic E-state index is 0.103. The van der Waals surface area contributed by atoms with Gasteiger partial charge in [0.15, 0.2) is 0 Å². The molecule has 2 aromatic heterocycles. The maximum Gasteiger partial charge on any atom is 0.240 e. The lowest BCUT2D eigenvalue weighted by molar-refractivity contribution is -0.121. The van der Waals surface area contributed by atoms with Gasteiger partial charge in [0.2, 0.25) is 17.7 Å². The molecule has 36 heavy (non-hydrogen) atoms. The molecular weight excluding hydrogens is 456 g/mol. The fourth-order valence-electron chi connectivity index (χ4n) is 6.03. The Labute approximate surface area is 209 Å². The van der Waals surface area contributed by atoms with E-state index in [1.165, 1.54) is 0 Å². The fraction of sp³-hybridized carbons (Fsp3) is 0.481. The van der Waals surface area contributed by atoms with Crippen LogP contribution in [0.5, 0.6) is 5.88 Å².